The van der Waals surface area contributed by atoms with Crippen LogP contribution in [0.4, 0.5) is 23.2 Å². The molecule has 1 aliphatic carbocycles. The van der Waals surface area contributed by atoms with Crippen molar-refractivity contribution in [3.8, 4) is 0 Å². The summed E-state index contributed by atoms with van der Waals surface area (Å²) < 4.78 is 83.7. The number of carboxylic acids is 1. The molecular weight excluding hydrogens is 583 g/mol. The fourth-order valence-electron chi connectivity index (χ4n) is 6.13. The van der Waals surface area contributed by atoms with Gasteiger partial charge in [0.1, 0.15) is 17.6 Å². The van der Waals surface area contributed by atoms with E-state index in [4.69, 9.17) is 4.52 Å². The van der Waals surface area contributed by atoms with Crippen molar-refractivity contribution in [1.82, 2.24) is 0 Å². The van der Waals surface area contributed by atoms with E-state index in [-0.39, 0.29) is 40.4 Å². The second-order valence-corrected chi connectivity index (χ2v) is 14.9. The highest BCUT2D eigenvalue weighted by Crippen LogP contribution is 2.65. The minimum atomic E-state index is -4.00. The minimum absolute atomic E-state index is 0.0343. The lowest BCUT2D eigenvalue weighted by atomic mass is 9.85. The molecule has 0 radical (unpaired) electrons. The van der Waals surface area contributed by atoms with Gasteiger partial charge in [0.2, 0.25) is 5.71 Å². The van der Waals surface area contributed by atoms with Crippen LogP contribution >= 0.6 is 7.37 Å². The molecule has 2 fully saturated rings. The average molecular weight is 616 g/mol. The smallest absolute Gasteiger partial charge is 0.339 e. The van der Waals surface area contributed by atoms with Crippen molar-refractivity contribution < 1.29 is 41.1 Å². The van der Waals surface area contributed by atoms with Gasteiger partial charge < -0.3 is 14.5 Å². The Labute approximate surface area is 247 Å². The summed E-state index contributed by atoms with van der Waals surface area (Å²) in [7, 11) is -4.00. The molecule has 11 heteroatoms. The molecule has 0 spiro atoms. The molecule has 226 valence electrons. The highest BCUT2D eigenvalue weighted by Gasteiger charge is 2.47. The maximum Gasteiger partial charge on any atom is 0.339 e. The number of carbonyl (C=O) groups is 1. The number of alkyl halides is 1. The average Bonchev–Trinajstić information content (AvgIpc) is 2.90. The molecule has 43 heavy (non-hydrogen) atoms. The van der Waals surface area contributed by atoms with E-state index in [0.29, 0.717) is 11.6 Å². The van der Waals surface area contributed by atoms with Crippen LogP contribution in [0.3, 0.4) is 0 Å². The second kappa shape index (κ2) is 10.0. The number of halogens is 4. The number of carboxylic acid groups (broad SMARTS) is 1. The standard InChI is InChI=1S/C32H31F4N2O4P/c1-16-12-37(13-16)19-6-8-21-23(10-19)43(41,42-32(3,4)5)24-11-20(38-14-18(33)15-38)7-9-22(24)25(21)26-27(31(39)40)30(36)29(35)17(2)28(26)34/h6-11,16,18H,12-15H2,1-5H3/p+1. The molecular formula is C32H32F4N2O4P+. The maximum atomic E-state index is 16.1. The molecule has 0 aromatic heterocycles. The number of fused-ring (bicyclic) bond motifs is 2. The molecule has 1 N–H and O–H groups in total. The molecule has 6 nitrogen and oxygen atoms in total. The van der Waals surface area contributed by atoms with Gasteiger partial charge in [0.05, 0.1) is 35.2 Å². The number of nitrogens with zero attached hydrogens (tertiary/aromatic N) is 2. The second-order valence-electron chi connectivity index (χ2n) is 12.7. The van der Waals surface area contributed by atoms with E-state index in [9.17, 15) is 18.7 Å². The van der Waals surface area contributed by atoms with Crippen LogP contribution < -0.4 is 10.2 Å². The number of allylic oxidation sites excluding steroid dienone is 5. The number of rotatable bonds is 4. The number of hydrogen-bond acceptors (Lipinski definition) is 4. The minimum Gasteiger partial charge on any atom is -0.478 e. The summed E-state index contributed by atoms with van der Waals surface area (Å²) in [5, 5.41) is 10.4. The molecule has 3 heterocycles. The Balaban J connectivity index is 1.73. The summed E-state index contributed by atoms with van der Waals surface area (Å²) in [6.07, 6.45) is 4.06. The van der Waals surface area contributed by atoms with Crippen LogP contribution in [0, 0.1) is 30.3 Å². The Hall–Kier alpha value is -3.49. The van der Waals surface area contributed by atoms with E-state index in [0.717, 1.165) is 25.7 Å². The Bertz CT molecular complexity index is 1770. The Morgan fingerprint density at radius 1 is 1.09 bits per heavy atom. The first-order valence-electron chi connectivity index (χ1n) is 14.1. The first-order chi connectivity index (χ1) is 20.1. The highest BCUT2D eigenvalue weighted by atomic mass is 31.2. The lowest BCUT2D eigenvalue weighted by molar-refractivity contribution is -0.601. The van der Waals surface area contributed by atoms with Crippen LogP contribution in [0.1, 0.15) is 54.7 Å². The maximum absolute atomic E-state index is 16.1. The van der Waals surface area contributed by atoms with E-state index in [1.54, 1.807) is 62.1 Å². The third-order valence-electron chi connectivity index (χ3n) is 8.17. The van der Waals surface area contributed by atoms with Gasteiger partial charge >= 0.3 is 5.97 Å². The predicted molar refractivity (Wildman–Crippen MR) is 157 cm³/mol. The van der Waals surface area contributed by atoms with Gasteiger partial charge in [0.15, 0.2) is 24.7 Å². The highest BCUT2D eigenvalue weighted by molar-refractivity contribution is 7.71. The van der Waals surface area contributed by atoms with Crippen molar-refractivity contribution in [3.63, 3.8) is 0 Å². The number of hydrogen-bond donors (Lipinski definition) is 1. The van der Waals surface area contributed by atoms with Crippen molar-refractivity contribution in [2.75, 3.05) is 31.1 Å². The number of aromatic carboxylic acids is 1. The Kier molecular flexibility index (Phi) is 6.90. The summed E-state index contributed by atoms with van der Waals surface area (Å²) in [5.41, 5.74) is -1.76. The van der Waals surface area contributed by atoms with E-state index < -0.39 is 59.3 Å². The summed E-state index contributed by atoms with van der Waals surface area (Å²) in [4.78, 5) is 14.1. The van der Waals surface area contributed by atoms with Gasteiger partial charge in [-0.05, 0) is 57.0 Å². The molecule has 0 bridgehead atoms. The summed E-state index contributed by atoms with van der Waals surface area (Å²) >= 11 is 0. The van der Waals surface area contributed by atoms with Crippen molar-refractivity contribution in [1.29, 1.82) is 0 Å². The van der Waals surface area contributed by atoms with Crippen LogP contribution in [0.5, 0.6) is 0 Å². The van der Waals surface area contributed by atoms with E-state index >= 15 is 13.3 Å². The zero-order valence-corrected chi connectivity index (χ0v) is 25.4. The van der Waals surface area contributed by atoms with Crippen LogP contribution in [-0.2, 0) is 9.09 Å². The lowest BCUT2D eigenvalue weighted by Gasteiger charge is -2.39. The van der Waals surface area contributed by atoms with Gasteiger partial charge in [-0.3, -0.25) is 4.57 Å². The van der Waals surface area contributed by atoms with E-state index in [2.05, 4.69) is 11.5 Å². The fourth-order valence-corrected chi connectivity index (χ4v) is 8.97. The quantitative estimate of drug-likeness (QED) is 0.188. The summed E-state index contributed by atoms with van der Waals surface area (Å²) in [5.74, 6) is -5.91. The van der Waals surface area contributed by atoms with Crippen LogP contribution in [0.2, 0.25) is 0 Å². The van der Waals surface area contributed by atoms with E-state index in [1.165, 1.54) is 0 Å². The largest absolute Gasteiger partial charge is 0.478 e. The Morgan fingerprint density at radius 2 is 1.77 bits per heavy atom. The number of anilines is 1. The zero-order chi connectivity index (χ0) is 31.2. The van der Waals surface area contributed by atoms with Crippen molar-refractivity contribution in [2.24, 2.45) is 5.92 Å². The normalized spacial score (nSPS) is 23.5. The number of benzene rings is 2. The van der Waals surface area contributed by atoms with Crippen LogP contribution in [0.15, 0.2) is 47.3 Å². The molecule has 2 aromatic rings. The molecule has 0 saturated carbocycles. The fraction of sp³-hybridized carbons (Fsp3) is 0.375. The molecule has 4 aliphatic rings. The van der Waals surface area contributed by atoms with Gasteiger partial charge in [-0.2, -0.15) is 0 Å². The topological polar surface area (TPSA) is 69.8 Å². The van der Waals surface area contributed by atoms with Crippen molar-refractivity contribution in [2.45, 2.75) is 46.4 Å². The predicted octanol–water partition coefficient (Wildman–Crippen LogP) is 6.36. The zero-order valence-electron chi connectivity index (χ0n) is 24.5. The Morgan fingerprint density at radius 3 is 2.35 bits per heavy atom. The van der Waals surface area contributed by atoms with Crippen LogP contribution in [0.25, 0.3) is 5.57 Å². The molecule has 1 unspecified atom stereocenters. The first-order valence-corrected chi connectivity index (χ1v) is 15.8. The van der Waals surface area contributed by atoms with Gasteiger partial charge in [-0.1, -0.05) is 13.0 Å². The van der Waals surface area contributed by atoms with Gasteiger partial charge in [0, 0.05) is 34.5 Å². The van der Waals surface area contributed by atoms with Crippen LogP contribution in [-0.4, -0.2) is 59.3 Å². The first kappa shape index (κ1) is 29.6. The molecule has 6 rings (SSSR count). The monoisotopic (exact) mass is 615 g/mol. The third-order valence-corrected chi connectivity index (χ3v) is 11.0. The molecule has 2 saturated heterocycles. The third kappa shape index (κ3) is 4.70. The summed E-state index contributed by atoms with van der Waals surface area (Å²) in [6.45, 7) is 10.2. The van der Waals surface area contributed by atoms with Crippen molar-refractivity contribution in [3.05, 3.63) is 87.0 Å². The molecule has 0 amide bonds. The van der Waals surface area contributed by atoms with Gasteiger partial charge in [-0.15, -0.1) is 0 Å². The van der Waals surface area contributed by atoms with E-state index in [1.807, 2.05) is 0 Å². The molecule has 3 aliphatic heterocycles. The lowest BCUT2D eigenvalue weighted by Crippen LogP contribution is -2.48. The van der Waals surface area contributed by atoms with Gasteiger partial charge in [0.25, 0.3) is 7.37 Å². The molecule has 1 atom stereocenters. The van der Waals surface area contributed by atoms with Crippen molar-refractivity contribution >= 4 is 35.6 Å². The SMILES string of the molecule is Cc1c(F)c(F)c(C(=O)O)c(C2=C3C=CC(=[N+]4CC(C)C4)C=C3P(=O)(OC(C)(C)C)c3cc(N4CC(F)C4)ccc32)c1F. The molecule has 2 aromatic carbocycles. The summed E-state index contributed by atoms with van der Waals surface area (Å²) in [6, 6.07) is 4.78. The van der Waals surface area contributed by atoms with Gasteiger partial charge in [-0.25, -0.2) is 26.9 Å².